The zero-order chi connectivity index (χ0) is 21.9. The van der Waals surface area contributed by atoms with Crippen molar-refractivity contribution in [3.63, 3.8) is 0 Å². The van der Waals surface area contributed by atoms with Crippen LogP contribution in [0.5, 0.6) is 5.75 Å². The van der Waals surface area contributed by atoms with E-state index in [1.54, 1.807) is 23.5 Å². The summed E-state index contributed by atoms with van der Waals surface area (Å²) in [6.07, 6.45) is 0. The molecule has 0 amide bonds. The minimum Gasteiger partial charge on any atom is -0.508 e. The number of aromatic nitrogens is 2. The molecule has 9 heteroatoms. The summed E-state index contributed by atoms with van der Waals surface area (Å²) < 4.78 is 6.66. The van der Waals surface area contributed by atoms with Gasteiger partial charge in [0.2, 0.25) is 0 Å². The molecule has 2 aliphatic heterocycles. The van der Waals surface area contributed by atoms with E-state index in [1.165, 1.54) is 4.88 Å². The first-order valence-corrected chi connectivity index (χ1v) is 11.8. The van der Waals surface area contributed by atoms with Crippen LogP contribution in [0.25, 0.3) is 21.6 Å². The van der Waals surface area contributed by atoms with Crippen LogP contribution in [0.15, 0.2) is 30.3 Å². The first kappa shape index (κ1) is 21.1. The van der Waals surface area contributed by atoms with Crippen LogP contribution in [0.2, 0.25) is 0 Å². The predicted molar refractivity (Wildman–Crippen MR) is 125 cm³/mol. The van der Waals surface area contributed by atoms with Crippen LogP contribution in [0, 0.1) is 11.3 Å². The highest BCUT2D eigenvalue weighted by Gasteiger charge is 2.22. The standard InChI is InChI=1S/C23H26N6O2S/c24-4-5-27-6-8-28(9-7-27)16-19-15-20-21(32-19)23(29-10-12-31-13-11-29)26-22(25-20)17-2-1-3-18(30)14-17/h1-3,14-15,30H,5-13,16H2. The van der Waals surface area contributed by atoms with Crippen molar-refractivity contribution in [3.05, 3.63) is 35.2 Å². The molecule has 0 aliphatic carbocycles. The summed E-state index contributed by atoms with van der Waals surface area (Å²) in [6, 6.07) is 11.5. The molecule has 166 valence electrons. The van der Waals surface area contributed by atoms with Gasteiger partial charge in [-0.3, -0.25) is 9.80 Å². The monoisotopic (exact) mass is 450 g/mol. The SMILES string of the molecule is N#CCN1CCN(Cc2cc3nc(-c4cccc(O)c4)nc(N4CCOCC4)c3s2)CC1. The molecule has 1 N–H and O–H groups in total. The van der Waals surface area contributed by atoms with Gasteiger partial charge in [0.15, 0.2) is 11.6 Å². The fourth-order valence-electron chi connectivity index (χ4n) is 4.23. The topological polar surface area (TPSA) is 88.8 Å². The fraction of sp³-hybridized carbons (Fsp3) is 0.435. The summed E-state index contributed by atoms with van der Waals surface area (Å²) in [6.45, 7) is 8.17. The first-order chi connectivity index (χ1) is 15.7. The number of thiophene rings is 1. The molecule has 5 rings (SSSR count). The smallest absolute Gasteiger partial charge is 0.162 e. The summed E-state index contributed by atoms with van der Waals surface area (Å²) in [5.41, 5.74) is 1.76. The summed E-state index contributed by atoms with van der Waals surface area (Å²) in [5.74, 6) is 1.79. The number of ether oxygens (including phenoxy) is 1. The molecule has 0 radical (unpaired) electrons. The third-order valence-electron chi connectivity index (χ3n) is 5.96. The molecule has 3 aromatic rings. The van der Waals surface area contributed by atoms with Crippen molar-refractivity contribution in [1.82, 2.24) is 19.8 Å². The minimum atomic E-state index is 0.209. The number of piperazine rings is 1. The second-order valence-electron chi connectivity index (χ2n) is 8.16. The van der Waals surface area contributed by atoms with Crippen molar-refractivity contribution in [2.75, 3.05) is 63.9 Å². The highest BCUT2D eigenvalue weighted by Crippen LogP contribution is 2.35. The Balaban J connectivity index is 1.46. The number of rotatable bonds is 5. The van der Waals surface area contributed by atoms with Gasteiger partial charge in [-0.25, -0.2) is 9.97 Å². The molecular weight excluding hydrogens is 424 g/mol. The van der Waals surface area contributed by atoms with Crippen molar-refractivity contribution in [2.45, 2.75) is 6.54 Å². The molecule has 2 saturated heterocycles. The number of benzene rings is 1. The largest absolute Gasteiger partial charge is 0.508 e. The number of nitriles is 1. The van der Waals surface area contributed by atoms with Crippen molar-refractivity contribution in [1.29, 1.82) is 5.26 Å². The molecule has 2 aromatic heterocycles. The van der Waals surface area contributed by atoms with Gasteiger partial charge in [-0.15, -0.1) is 11.3 Å². The van der Waals surface area contributed by atoms with Crippen LogP contribution < -0.4 is 4.90 Å². The zero-order valence-electron chi connectivity index (χ0n) is 17.9. The Morgan fingerprint density at radius 1 is 1.03 bits per heavy atom. The van der Waals surface area contributed by atoms with E-state index in [1.807, 2.05) is 12.1 Å². The van der Waals surface area contributed by atoms with Crippen LogP contribution in [0.4, 0.5) is 5.82 Å². The first-order valence-electron chi connectivity index (χ1n) is 10.9. The predicted octanol–water partition coefficient (Wildman–Crippen LogP) is 2.54. The van der Waals surface area contributed by atoms with E-state index < -0.39 is 0 Å². The number of aromatic hydroxyl groups is 1. The number of morpholine rings is 1. The number of hydrogen-bond donors (Lipinski definition) is 1. The van der Waals surface area contributed by atoms with Gasteiger partial charge in [0.05, 0.1) is 36.0 Å². The Bertz CT molecular complexity index is 1130. The average Bonchev–Trinajstić information content (AvgIpc) is 3.23. The molecule has 0 spiro atoms. The molecule has 0 saturated carbocycles. The quantitative estimate of drug-likeness (QED) is 0.594. The van der Waals surface area contributed by atoms with Crippen LogP contribution in [-0.4, -0.2) is 83.9 Å². The summed E-state index contributed by atoms with van der Waals surface area (Å²) in [7, 11) is 0. The Kier molecular flexibility index (Phi) is 6.19. The Hall–Kier alpha value is -2.77. The number of nitrogens with zero attached hydrogens (tertiary/aromatic N) is 6. The molecule has 8 nitrogen and oxygen atoms in total. The van der Waals surface area contributed by atoms with Crippen LogP contribution in [-0.2, 0) is 11.3 Å². The van der Waals surface area contributed by atoms with Gasteiger partial charge in [-0.2, -0.15) is 5.26 Å². The van der Waals surface area contributed by atoms with E-state index in [0.29, 0.717) is 25.6 Å². The Morgan fingerprint density at radius 2 is 1.81 bits per heavy atom. The van der Waals surface area contributed by atoms with Gasteiger partial charge in [-0.05, 0) is 18.2 Å². The minimum absolute atomic E-state index is 0.209. The number of phenols is 1. The molecule has 32 heavy (non-hydrogen) atoms. The second-order valence-corrected chi connectivity index (χ2v) is 9.29. The maximum absolute atomic E-state index is 9.94. The van der Waals surface area contributed by atoms with Crippen molar-refractivity contribution in [2.24, 2.45) is 0 Å². The molecule has 0 unspecified atom stereocenters. The molecule has 0 atom stereocenters. The lowest BCUT2D eigenvalue weighted by molar-refractivity contribution is 0.122. The van der Waals surface area contributed by atoms with E-state index in [0.717, 1.165) is 67.4 Å². The normalized spacial score (nSPS) is 18.2. The Morgan fingerprint density at radius 3 is 2.56 bits per heavy atom. The number of hydrogen-bond acceptors (Lipinski definition) is 9. The maximum Gasteiger partial charge on any atom is 0.162 e. The number of anilines is 1. The fourth-order valence-corrected chi connectivity index (χ4v) is 5.39. The van der Waals surface area contributed by atoms with Crippen molar-refractivity contribution >= 4 is 27.4 Å². The van der Waals surface area contributed by atoms with Gasteiger partial charge in [0.25, 0.3) is 0 Å². The molecule has 4 heterocycles. The van der Waals surface area contributed by atoms with Gasteiger partial charge < -0.3 is 14.7 Å². The van der Waals surface area contributed by atoms with E-state index in [2.05, 4.69) is 26.8 Å². The van der Waals surface area contributed by atoms with Gasteiger partial charge in [0.1, 0.15) is 5.75 Å². The van der Waals surface area contributed by atoms with Crippen LogP contribution >= 0.6 is 11.3 Å². The molecule has 2 aliphatic rings. The molecule has 1 aromatic carbocycles. The third kappa shape index (κ3) is 4.54. The zero-order valence-corrected chi connectivity index (χ0v) is 18.7. The maximum atomic E-state index is 9.94. The molecular formula is C23H26N6O2S. The van der Waals surface area contributed by atoms with Gasteiger partial charge in [-0.1, -0.05) is 12.1 Å². The lowest BCUT2D eigenvalue weighted by atomic mass is 10.2. The summed E-state index contributed by atoms with van der Waals surface area (Å²) in [4.78, 5) is 18.0. The Labute approximate surface area is 191 Å². The van der Waals surface area contributed by atoms with E-state index in [9.17, 15) is 5.11 Å². The van der Waals surface area contributed by atoms with Crippen LogP contribution in [0.3, 0.4) is 0 Å². The van der Waals surface area contributed by atoms with E-state index in [-0.39, 0.29) is 5.75 Å². The highest BCUT2D eigenvalue weighted by molar-refractivity contribution is 7.19. The number of phenolic OH excluding ortho intramolecular Hbond substituents is 1. The van der Waals surface area contributed by atoms with Crippen molar-refractivity contribution in [3.8, 4) is 23.2 Å². The van der Waals surface area contributed by atoms with Gasteiger partial charge in [0, 0.05) is 56.3 Å². The van der Waals surface area contributed by atoms with Crippen molar-refractivity contribution < 1.29 is 9.84 Å². The molecule has 2 fully saturated rings. The van der Waals surface area contributed by atoms with E-state index in [4.69, 9.17) is 20.0 Å². The van der Waals surface area contributed by atoms with Gasteiger partial charge >= 0.3 is 0 Å². The number of fused-ring (bicyclic) bond motifs is 1. The second kappa shape index (κ2) is 9.38. The van der Waals surface area contributed by atoms with Crippen LogP contribution in [0.1, 0.15) is 4.88 Å². The summed E-state index contributed by atoms with van der Waals surface area (Å²) >= 11 is 1.76. The lowest BCUT2D eigenvalue weighted by Crippen LogP contribution is -2.45. The molecule has 0 bridgehead atoms. The average molecular weight is 451 g/mol. The highest BCUT2D eigenvalue weighted by atomic mass is 32.1. The van der Waals surface area contributed by atoms with E-state index >= 15 is 0 Å². The summed E-state index contributed by atoms with van der Waals surface area (Å²) in [5, 5.41) is 18.8. The lowest BCUT2D eigenvalue weighted by Gasteiger charge is -2.32. The third-order valence-corrected chi connectivity index (χ3v) is 7.06.